The first kappa shape index (κ1) is 26.8. The third-order valence-corrected chi connectivity index (χ3v) is 9.64. The maximum Gasteiger partial charge on any atom is 0.264 e. The summed E-state index contributed by atoms with van der Waals surface area (Å²) in [6, 6.07) is 10.6. The third kappa shape index (κ3) is 5.36. The minimum absolute atomic E-state index is 0.0648. The van der Waals surface area contributed by atoms with Crippen LogP contribution in [0.5, 0.6) is 0 Å². The lowest BCUT2D eigenvalue weighted by Gasteiger charge is -2.25. The molecule has 2 aromatic heterocycles. The molecule has 0 atom stereocenters. The summed E-state index contributed by atoms with van der Waals surface area (Å²) in [6.07, 6.45) is 5.62. The second kappa shape index (κ2) is 11.1. The van der Waals surface area contributed by atoms with Crippen molar-refractivity contribution < 1.29 is 12.8 Å². The van der Waals surface area contributed by atoms with Crippen LogP contribution in [0.4, 0.5) is 15.2 Å². The second-order valence-electron chi connectivity index (χ2n) is 8.76. The summed E-state index contributed by atoms with van der Waals surface area (Å²) in [5.74, 6) is -0.0965. The quantitative estimate of drug-likeness (QED) is 0.247. The van der Waals surface area contributed by atoms with Crippen LogP contribution >= 0.6 is 34.5 Å². The van der Waals surface area contributed by atoms with Gasteiger partial charge in [0.25, 0.3) is 10.0 Å². The molecule has 1 N–H and O–H groups in total. The van der Waals surface area contributed by atoms with Crippen molar-refractivity contribution in [3.05, 3.63) is 70.3 Å². The zero-order valence-electron chi connectivity index (χ0n) is 20.4. The van der Waals surface area contributed by atoms with E-state index in [4.69, 9.17) is 28.2 Å². The van der Waals surface area contributed by atoms with Gasteiger partial charge in [0.15, 0.2) is 10.9 Å². The Balaban J connectivity index is 1.60. The van der Waals surface area contributed by atoms with E-state index >= 15 is 4.39 Å². The fraction of sp³-hybridized carbons (Fsp3) is 0.269. The fourth-order valence-electron chi connectivity index (χ4n) is 4.31. The maximum absolute atomic E-state index is 16.0. The minimum atomic E-state index is -4.28. The average molecular weight is 593 g/mol. The molecule has 5 rings (SSSR count). The molecular formula is C26H24Cl2FN5O2S2. The van der Waals surface area contributed by atoms with Gasteiger partial charge in [0.2, 0.25) is 0 Å². The van der Waals surface area contributed by atoms with E-state index in [-0.39, 0.29) is 26.2 Å². The number of benzene rings is 2. The van der Waals surface area contributed by atoms with Crippen LogP contribution in [0, 0.1) is 5.82 Å². The van der Waals surface area contributed by atoms with Crippen molar-refractivity contribution in [3.8, 4) is 21.8 Å². The molecule has 0 unspecified atom stereocenters. The number of nitrogens with one attached hydrogen (secondary N) is 1. The van der Waals surface area contributed by atoms with Crippen molar-refractivity contribution in [3.63, 3.8) is 0 Å². The number of hydrogen-bond donors (Lipinski definition) is 1. The van der Waals surface area contributed by atoms with Crippen LogP contribution in [0.2, 0.25) is 10.0 Å². The molecule has 2 aromatic carbocycles. The SMILES string of the molecule is CCc1nccc(-c2sc(N3CCCCC3)nc2-c2cccc(NS(=O)(=O)c3c(Cl)cccc3Cl)c2F)n1. The molecule has 12 heteroatoms. The summed E-state index contributed by atoms with van der Waals surface area (Å²) in [7, 11) is -4.28. The minimum Gasteiger partial charge on any atom is -0.348 e. The molecule has 0 aliphatic carbocycles. The molecule has 0 amide bonds. The number of sulfonamides is 1. The van der Waals surface area contributed by atoms with Crippen LogP contribution in [0.25, 0.3) is 21.8 Å². The van der Waals surface area contributed by atoms with E-state index in [9.17, 15) is 8.42 Å². The number of aryl methyl sites for hydroxylation is 1. The molecule has 198 valence electrons. The van der Waals surface area contributed by atoms with E-state index in [1.165, 1.54) is 42.0 Å². The van der Waals surface area contributed by atoms with E-state index in [2.05, 4.69) is 19.6 Å². The Morgan fingerprint density at radius 2 is 1.74 bits per heavy atom. The van der Waals surface area contributed by atoms with E-state index in [1.807, 2.05) is 6.92 Å². The Morgan fingerprint density at radius 3 is 2.45 bits per heavy atom. The lowest BCUT2D eigenvalue weighted by Crippen LogP contribution is -2.29. The summed E-state index contributed by atoms with van der Waals surface area (Å²) in [5.41, 5.74) is 0.946. The molecule has 0 radical (unpaired) electrons. The molecular weight excluding hydrogens is 568 g/mol. The van der Waals surface area contributed by atoms with Gasteiger partial charge in [-0.15, -0.1) is 0 Å². The van der Waals surface area contributed by atoms with Gasteiger partial charge in [-0.1, -0.05) is 53.6 Å². The van der Waals surface area contributed by atoms with E-state index in [0.29, 0.717) is 28.5 Å². The standard InChI is InChI=1S/C26H24Cl2FN5O2S2/c1-2-21-30-13-12-20(31-21)24-23(32-26(37-24)34-14-4-3-5-15-34)16-8-6-11-19(22(16)29)33-38(35,36)25-17(27)9-7-10-18(25)28/h6-13,33H,2-5,14-15H2,1H3. The zero-order valence-corrected chi connectivity index (χ0v) is 23.6. The molecule has 4 aromatic rings. The number of anilines is 2. The van der Waals surface area contributed by atoms with Crippen molar-refractivity contribution in [2.75, 3.05) is 22.7 Å². The van der Waals surface area contributed by atoms with Crippen LogP contribution in [-0.4, -0.2) is 36.5 Å². The molecule has 0 saturated carbocycles. The van der Waals surface area contributed by atoms with Gasteiger partial charge in [0, 0.05) is 31.3 Å². The van der Waals surface area contributed by atoms with Gasteiger partial charge in [-0.25, -0.2) is 27.8 Å². The highest BCUT2D eigenvalue weighted by molar-refractivity contribution is 7.93. The van der Waals surface area contributed by atoms with Gasteiger partial charge >= 0.3 is 0 Å². The molecule has 1 aliphatic heterocycles. The van der Waals surface area contributed by atoms with Crippen molar-refractivity contribution in [1.82, 2.24) is 15.0 Å². The number of aromatic nitrogens is 3. The van der Waals surface area contributed by atoms with Gasteiger partial charge in [-0.2, -0.15) is 0 Å². The number of piperidine rings is 1. The molecule has 1 saturated heterocycles. The number of nitrogens with zero attached hydrogens (tertiary/aromatic N) is 4. The van der Waals surface area contributed by atoms with E-state index in [0.717, 1.165) is 31.1 Å². The second-order valence-corrected chi connectivity index (χ2v) is 12.2. The van der Waals surface area contributed by atoms with Gasteiger partial charge in [0.05, 0.1) is 32.0 Å². The van der Waals surface area contributed by atoms with Crippen molar-refractivity contribution in [2.45, 2.75) is 37.5 Å². The van der Waals surface area contributed by atoms with E-state index in [1.54, 1.807) is 24.4 Å². The molecule has 3 heterocycles. The Hall–Kier alpha value is -2.79. The lowest BCUT2D eigenvalue weighted by atomic mass is 10.1. The molecule has 0 spiro atoms. The highest BCUT2D eigenvalue weighted by Gasteiger charge is 2.27. The number of hydrogen-bond acceptors (Lipinski definition) is 7. The Bertz CT molecular complexity index is 1570. The molecule has 0 bridgehead atoms. The predicted molar refractivity (Wildman–Crippen MR) is 151 cm³/mol. The molecule has 38 heavy (non-hydrogen) atoms. The van der Waals surface area contributed by atoms with Gasteiger partial charge in [-0.05, 0) is 49.6 Å². The molecule has 7 nitrogen and oxygen atoms in total. The maximum atomic E-state index is 16.0. The lowest BCUT2D eigenvalue weighted by molar-refractivity contribution is 0.577. The van der Waals surface area contributed by atoms with Gasteiger partial charge < -0.3 is 4.90 Å². The van der Waals surface area contributed by atoms with Crippen molar-refractivity contribution in [1.29, 1.82) is 0 Å². The zero-order chi connectivity index (χ0) is 26.9. The van der Waals surface area contributed by atoms with Crippen LogP contribution in [0.1, 0.15) is 32.0 Å². The smallest absolute Gasteiger partial charge is 0.264 e. The molecule has 1 aliphatic rings. The first-order chi connectivity index (χ1) is 18.3. The van der Waals surface area contributed by atoms with Gasteiger partial charge in [-0.3, -0.25) is 4.72 Å². The van der Waals surface area contributed by atoms with Crippen LogP contribution in [0.3, 0.4) is 0 Å². The Morgan fingerprint density at radius 1 is 1.03 bits per heavy atom. The summed E-state index contributed by atoms with van der Waals surface area (Å²) in [6.45, 7) is 3.71. The highest BCUT2D eigenvalue weighted by atomic mass is 35.5. The first-order valence-electron chi connectivity index (χ1n) is 12.1. The van der Waals surface area contributed by atoms with Crippen LogP contribution < -0.4 is 9.62 Å². The van der Waals surface area contributed by atoms with Crippen LogP contribution in [-0.2, 0) is 16.4 Å². The summed E-state index contributed by atoms with van der Waals surface area (Å²) < 4.78 is 44.6. The highest BCUT2D eigenvalue weighted by Crippen LogP contribution is 2.42. The topological polar surface area (TPSA) is 88.1 Å². The Kier molecular flexibility index (Phi) is 7.85. The average Bonchev–Trinajstić information content (AvgIpc) is 3.35. The van der Waals surface area contributed by atoms with Crippen LogP contribution in [0.15, 0.2) is 53.6 Å². The van der Waals surface area contributed by atoms with Crippen molar-refractivity contribution in [2.24, 2.45) is 0 Å². The predicted octanol–water partition coefficient (Wildman–Crippen LogP) is 7.07. The summed E-state index contributed by atoms with van der Waals surface area (Å²) in [5, 5.41) is 0.648. The number of thiazole rings is 1. The normalized spacial score (nSPS) is 14.1. The van der Waals surface area contributed by atoms with Gasteiger partial charge in [0.1, 0.15) is 10.7 Å². The largest absolute Gasteiger partial charge is 0.348 e. The molecule has 1 fully saturated rings. The van der Waals surface area contributed by atoms with Crippen molar-refractivity contribution >= 4 is 55.4 Å². The fourth-order valence-corrected chi connectivity index (χ4v) is 7.62. The third-order valence-electron chi connectivity index (χ3n) is 6.18. The number of halogens is 3. The van der Waals surface area contributed by atoms with E-state index < -0.39 is 15.8 Å². The monoisotopic (exact) mass is 591 g/mol. The Labute approximate surface area is 234 Å². The summed E-state index contributed by atoms with van der Waals surface area (Å²) in [4.78, 5) is 16.4. The summed E-state index contributed by atoms with van der Waals surface area (Å²) >= 11 is 13.7. The number of rotatable bonds is 7. The first-order valence-corrected chi connectivity index (χ1v) is 15.2.